The van der Waals surface area contributed by atoms with Crippen LogP contribution in [0.25, 0.3) is 10.2 Å². The molecule has 3 aromatic rings. The second-order valence-electron chi connectivity index (χ2n) is 6.49. The van der Waals surface area contributed by atoms with Crippen molar-refractivity contribution in [1.29, 1.82) is 0 Å². The number of aromatic nitrogens is 1. The van der Waals surface area contributed by atoms with Crippen LogP contribution in [0.3, 0.4) is 0 Å². The predicted molar refractivity (Wildman–Crippen MR) is 107 cm³/mol. The van der Waals surface area contributed by atoms with Crippen molar-refractivity contribution >= 4 is 33.4 Å². The van der Waals surface area contributed by atoms with Gasteiger partial charge in [-0.2, -0.15) is 0 Å². The van der Waals surface area contributed by atoms with Crippen LogP contribution in [0, 0.1) is 0 Å². The third-order valence-corrected chi connectivity index (χ3v) is 5.62. The number of Topliss-reactive ketones (excluding diaryl/α,β-unsaturated/α-hetero) is 1. The van der Waals surface area contributed by atoms with E-state index in [9.17, 15) is 24.6 Å². The monoisotopic (exact) mass is 400 g/mol. The van der Waals surface area contributed by atoms with Crippen LogP contribution in [0.1, 0.15) is 18.1 Å². The summed E-state index contributed by atoms with van der Waals surface area (Å²) in [7, 11) is 0. The van der Waals surface area contributed by atoms with E-state index in [1.165, 1.54) is 6.07 Å². The molecule has 1 unspecified atom stereocenters. The average Bonchev–Trinajstić information content (AvgIpc) is 3.06. The van der Waals surface area contributed by atoms with E-state index in [0.717, 1.165) is 27.4 Å². The van der Waals surface area contributed by atoms with Gasteiger partial charge in [-0.15, -0.1) is 0 Å². The van der Waals surface area contributed by atoms with E-state index >= 15 is 0 Å². The lowest BCUT2D eigenvalue weighted by Gasteiger charge is -2.25. The van der Waals surface area contributed by atoms with Crippen LogP contribution < -0.4 is 4.87 Å². The van der Waals surface area contributed by atoms with Gasteiger partial charge >= 0.3 is 11.0 Å². The summed E-state index contributed by atoms with van der Waals surface area (Å²) in [6.45, 7) is 1.68. The maximum Gasteiger partial charge on any atom is 0.407 e. The fourth-order valence-corrected chi connectivity index (χ4v) is 3.98. The van der Waals surface area contributed by atoms with Crippen LogP contribution in [-0.2, 0) is 17.6 Å². The Morgan fingerprint density at radius 3 is 2.57 bits per heavy atom. The number of thiazole rings is 1. The third kappa shape index (κ3) is 4.23. The number of hydrogen-bond donors (Lipinski definition) is 3. The van der Waals surface area contributed by atoms with Crippen molar-refractivity contribution in [3.05, 3.63) is 63.3 Å². The Kier molecular flexibility index (Phi) is 5.79. The van der Waals surface area contributed by atoms with Crippen LogP contribution in [0.2, 0.25) is 0 Å². The van der Waals surface area contributed by atoms with Crippen molar-refractivity contribution < 1.29 is 19.8 Å². The highest BCUT2D eigenvalue weighted by atomic mass is 32.1. The number of rotatable bonds is 7. The van der Waals surface area contributed by atoms with Crippen molar-refractivity contribution in [1.82, 2.24) is 9.88 Å². The molecule has 2 aromatic carbocycles. The largest absolute Gasteiger partial charge is 0.506 e. The first-order valence-corrected chi connectivity index (χ1v) is 9.58. The van der Waals surface area contributed by atoms with E-state index in [4.69, 9.17) is 0 Å². The van der Waals surface area contributed by atoms with E-state index in [0.29, 0.717) is 16.6 Å². The van der Waals surface area contributed by atoms with Gasteiger partial charge in [0.15, 0.2) is 5.78 Å². The summed E-state index contributed by atoms with van der Waals surface area (Å²) in [5, 5.41) is 19.4. The number of nitrogens with zero attached hydrogens (tertiary/aromatic N) is 1. The van der Waals surface area contributed by atoms with Crippen molar-refractivity contribution in [3.63, 3.8) is 0 Å². The van der Waals surface area contributed by atoms with Crippen molar-refractivity contribution in [2.24, 2.45) is 0 Å². The molecule has 3 N–H and O–H groups in total. The summed E-state index contributed by atoms with van der Waals surface area (Å²) in [6, 6.07) is 11.5. The van der Waals surface area contributed by atoms with Crippen LogP contribution in [-0.4, -0.2) is 44.6 Å². The molecule has 3 rings (SSSR count). The molecule has 1 amide bonds. The third-order valence-electron chi connectivity index (χ3n) is 4.66. The fourth-order valence-electron chi connectivity index (χ4n) is 3.08. The Bertz CT molecular complexity index is 1060. The van der Waals surface area contributed by atoms with E-state index in [2.05, 4.69) is 4.98 Å². The standard InChI is InChI=1S/C20H20N2O5S/c1-12(16(24)11-13-5-3-2-4-6-13)22(20(26)27)10-9-14-7-8-15(23)17-18(14)28-19(25)21-17/h2-8,12,23H,9-11H2,1H3,(H,21,25)(H,26,27). The molecule has 0 bridgehead atoms. The molecule has 0 aliphatic heterocycles. The molecule has 0 radical (unpaired) electrons. The second-order valence-corrected chi connectivity index (χ2v) is 7.48. The van der Waals surface area contributed by atoms with E-state index in [-0.39, 0.29) is 29.4 Å². The molecule has 0 saturated carbocycles. The normalized spacial score (nSPS) is 12.0. The number of carboxylic acid groups (broad SMARTS) is 1. The zero-order chi connectivity index (χ0) is 20.3. The SMILES string of the molecule is CC(C(=O)Cc1ccccc1)N(CCc1ccc(O)c2[nH]c(=O)sc12)C(=O)O. The van der Waals surface area contributed by atoms with Gasteiger partial charge in [0, 0.05) is 13.0 Å². The first-order valence-electron chi connectivity index (χ1n) is 8.76. The zero-order valence-electron chi connectivity index (χ0n) is 15.2. The van der Waals surface area contributed by atoms with Crippen LogP contribution in [0.4, 0.5) is 4.79 Å². The van der Waals surface area contributed by atoms with Gasteiger partial charge in [0.05, 0.1) is 10.7 Å². The lowest BCUT2D eigenvalue weighted by atomic mass is 10.0. The number of nitrogens with one attached hydrogen (secondary N) is 1. The van der Waals surface area contributed by atoms with Crippen LogP contribution in [0.15, 0.2) is 47.3 Å². The summed E-state index contributed by atoms with van der Waals surface area (Å²) >= 11 is 0.965. The van der Waals surface area contributed by atoms with Crippen molar-refractivity contribution in [3.8, 4) is 5.75 Å². The number of phenols is 1. The number of ketones is 1. The van der Waals surface area contributed by atoms with E-state index < -0.39 is 12.1 Å². The van der Waals surface area contributed by atoms with Gasteiger partial charge in [0.2, 0.25) is 0 Å². The van der Waals surface area contributed by atoms with Gasteiger partial charge in [-0.25, -0.2) is 4.79 Å². The highest BCUT2D eigenvalue weighted by Gasteiger charge is 2.25. The first-order chi connectivity index (χ1) is 13.4. The Hall–Kier alpha value is -3.13. The minimum atomic E-state index is -1.17. The number of hydrogen-bond acceptors (Lipinski definition) is 5. The Morgan fingerprint density at radius 2 is 1.89 bits per heavy atom. The number of benzene rings is 2. The molecule has 0 fully saturated rings. The average molecular weight is 400 g/mol. The maximum atomic E-state index is 12.5. The zero-order valence-corrected chi connectivity index (χ0v) is 16.0. The van der Waals surface area contributed by atoms with Gasteiger partial charge in [-0.05, 0) is 30.5 Å². The van der Waals surface area contributed by atoms with Gasteiger partial charge in [0.25, 0.3) is 0 Å². The Labute approximate surface area is 164 Å². The summed E-state index contributed by atoms with van der Waals surface area (Å²) in [4.78, 5) is 39.3. The molecule has 1 aromatic heterocycles. The topological polar surface area (TPSA) is 111 Å². The fraction of sp³-hybridized carbons (Fsp3) is 0.250. The van der Waals surface area contributed by atoms with Crippen molar-refractivity contribution in [2.45, 2.75) is 25.8 Å². The molecule has 8 heteroatoms. The summed E-state index contributed by atoms with van der Waals surface area (Å²) in [5.74, 6) is -0.214. The number of carbonyl (C=O) groups is 2. The Morgan fingerprint density at radius 1 is 1.18 bits per heavy atom. The molecule has 1 atom stereocenters. The summed E-state index contributed by atoms with van der Waals surface area (Å²) in [6.07, 6.45) is -0.694. The number of amides is 1. The molecular weight excluding hydrogens is 380 g/mol. The van der Waals surface area contributed by atoms with E-state index in [1.807, 2.05) is 30.3 Å². The quantitative estimate of drug-likeness (QED) is 0.565. The Balaban J connectivity index is 1.75. The number of H-pyrrole nitrogens is 1. The van der Waals surface area contributed by atoms with Gasteiger partial charge in [-0.1, -0.05) is 47.7 Å². The maximum absolute atomic E-state index is 12.5. The minimum absolute atomic E-state index is 0.0291. The molecule has 1 heterocycles. The smallest absolute Gasteiger partial charge is 0.407 e. The summed E-state index contributed by atoms with van der Waals surface area (Å²) in [5.41, 5.74) is 1.93. The van der Waals surface area contributed by atoms with Crippen LogP contribution >= 0.6 is 11.3 Å². The predicted octanol–water partition coefficient (Wildman–Crippen LogP) is 3.02. The van der Waals surface area contributed by atoms with E-state index in [1.54, 1.807) is 13.0 Å². The number of aromatic amines is 1. The molecule has 0 saturated heterocycles. The van der Waals surface area contributed by atoms with Gasteiger partial charge in [-0.3, -0.25) is 14.5 Å². The number of aromatic hydroxyl groups is 1. The second kappa shape index (κ2) is 8.26. The lowest BCUT2D eigenvalue weighted by Crippen LogP contribution is -2.44. The molecular formula is C20H20N2O5S. The van der Waals surface area contributed by atoms with Gasteiger partial charge < -0.3 is 15.2 Å². The van der Waals surface area contributed by atoms with Gasteiger partial charge in [0.1, 0.15) is 11.3 Å². The highest BCUT2D eigenvalue weighted by Crippen LogP contribution is 2.28. The number of carbonyl (C=O) groups excluding carboxylic acids is 1. The first kappa shape index (κ1) is 19.6. The minimum Gasteiger partial charge on any atom is -0.506 e. The molecule has 0 aliphatic rings. The molecule has 28 heavy (non-hydrogen) atoms. The lowest BCUT2D eigenvalue weighted by molar-refractivity contribution is -0.122. The molecule has 0 aliphatic carbocycles. The number of fused-ring (bicyclic) bond motifs is 1. The molecule has 7 nitrogen and oxygen atoms in total. The highest BCUT2D eigenvalue weighted by molar-refractivity contribution is 7.16. The number of phenolic OH excluding ortho intramolecular Hbond substituents is 1. The summed E-state index contributed by atoms with van der Waals surface area (Å²) < 4.78 is 0.596. The molecule has 146 valence electrons. The van der Waals surface area contributed by atoms with Crippen molar-refractivity contribution in [2.75, 3.05) is 6.54 Å². The molecule has 0 spiro atoms. The van der Waals surface area contributed by atoms with Crippen LogP contribution in [0.5, 0.6) is 5.75 Å².